The summed E-state index contributed by atoms with van der Waals surface area (Å²) in [5.74, 6) is 0.341. The van der Waals surface area contributed by atoms with Crippen LogP contribution in [0.15, 0.2) is 29.3 Å². The Hall–Kier alpha value is -2.64. The Morgan fingerprint density at radius 3 is 2.70 bits per heavy atom. The summed E-state index contributed by atoms with van der Waals surface area (Å²) in [6, 6.07) is 6.02. The van der Waals surface area contributed by atoms with E-state index in [1.807, 2.05) is 13.0 Å². The van der Waals surface area contributed by atoms with Crippen LogP contribution in [0.3, 0.4) is 0 Å². The first kappa shape index (κ1) is 19.1. The van der Waals surface area contributed by atoms with Crippen LogP contribution in [0.2, 0.25) is 0 Å². The fourth-order valence-electron chi connectivity index (χ4n) is 3.74. The lowest BCUT2D eigenvalue weighted by molar-refractivity contribution is -0.125. The second-order valence-electron chi connectivity index (χ2n) is 7.17. The number of guanidine groups is 1. The highest BCUT2D eigenvalue weighted by Crippen LogP contribution is 2.30. The summed E-state index contributed by atoms with van der Waals surface area (Å²) < 4.78 is 13.3. The maximum Gasteiger partial charge on any atom is 0.322 e. The number of nitrogens with one attached hydrogen (secondary N) is 3. The third-order valence-electron chi connectivity index (χ3n) is 5.32. The quantitative estimate of drug-likeness (QED) is 0.424. The van der Waals surface area contributed by atoms with Crippen LogP contribution < -0.4 is 16.0 Å². The molecule has 3 N–H and O–H groups in total. The average Bonchev–Trinajstić information content (AvgIpc) is 2.91. The van der Waals surface area contributed by atoms with Crippen LogP contribution in [0.4, 0.5) is 9.18 Å². The van der Waals surface area contributed by atoms with E-state index in [0.717, 1.165) is 44.0 Å². The summed E-state index contributed by atoms with van der Waals surface area (Å²) in [6.45, 7) is 6.39. The molecule has 0 aliphatic carbocycles. The molecule has 1 aromatic rings. The van der Waals surface area contributed by atoms with Gasteiger partial charge in [0.1, 0.15) is 11.4 Å². The lowest BCUT2D eigenvalue weighted by Crippen LogP contribution is -2.55. The molecule has 146 valence electrons. The number of carbonyl (C=O) groups excluding carboxylic acids is 2. The summed E-state index contributed by atoms with van der Waals surface area (Å²) >= 11 is 0. The van der Waals surface area contributed by atoms with E-state index in [0.29, 0.717) is 6.54 Å². The smallest absolute Gasteiger partial charge is 0.322 e. The molecule has 0 radical (unpaired) electrons. The van der Waals surface area contributed by atoms with Gasteiger partial charge >= 0.3 is 6.03 Å². The Kier molecular flexibility index (Phi) is 5.62. The second kappa shape index (κ2) is 7.94. The number of imide groups is 1. The van der Waals surface area contributed by atoms with Gasteiger partial charge in [0.25, 0.3) is 5.91 Å². The third-order valence-corrected chi connectivity index (χ3v) is 5.32. The highest BCUT2D eigenvalue weighted by atomic mass is 19.1. The van der Waals surface area contributed by atoms with E-state index in [9.17, 15) is 14.0 Å². The molecule has 2 heterocycles. The number of rotatable bonds is 4. The molecular weight excluding hydrogens is 349 g/mol. The molecule has 0 bridgehead atoms. The zero-order chi connectivity index (χ0) is 19.4. The monoisotopic (exact) mass is 375 g/mol. The van der Waals surface area contributed by atoms with Crippen molar-refractivity contribution in [1.29, 1.82) is 0 Å². The van der Waals surface area contributed by atoms with Gasteiger partial charge in [-0.3, -0.25) is 10.1 Å². The van der Waals surface area contributed by atoms with Crippen LogP contribution in [-0.2, 0) is 11.3 Å². The van der Waals surface area contributed by atoms with Crippen LogP contribution in [-0.4, -0.2) is 48.0 Å². The number of amides is 3. The predicted molar refractivity (Wildman–Crippen MR) is 101 cm³/mol. The van der Waals surface area contributed by atoms with E-state index in [1.54, 1.807) is 13.0 Å². The Morgan fingerprint density at radius 1 is 1.37 bits per heavy atom. The Morgan fingerprint density at radius 2 is 2.11 bits per heavy atom. The summed E-state index contributed by atoms with van der Waals surface area (Å²) in [4.78, 5) is 30.4. The Balaban J connectivity index is 1.64. The molecule has 2 saturated heterocycles. The largest absolute Gasteiger partial charge is 0.357 e. The van der Waals surface area contributed by atoms with Gasteiger partial charge in [-0.2, -0.15) is 0 Å². The van der Waals surface area contributed by atoms with Gasteiger partial charge in [-0.25, -0.2) is 14.2 Å². The number of hydrogen-bond donors (Lipinski definition) is 3. The number of likely N-dealkylation sites (tertiary alicyclic amines) is 1. The minimum Gasteiger partial charge on any atom is -0.357 e. The van der Waals surface area contributed by atoms with Crippen LogP contribution >= 0.6 is 0 Å². The fraction of sp³-hybridized carbons (Fsp3) is 0.526. The Labute approximate surface area is 158 Å². The number of urea groups is 1. The van der Waals surface area contributed by atoms with Crippen molar-refractivity contribution in [3.05, 3.63) is 35.6 Å². The van der Waals surface area contributed by atoms with Crippen molar-refractivity contribution in [1.82, 2.24) is 20.9 Å². The van der Waals surface area contributed by atoms with Gasteiger partial charge in [-0.05, 0) is 50.3 Å². The van der Waals surface area contributed by atoms with Crippen molar-refractivity contribution in [2.45, 2.75) is 38.8 Å². The van der Waals surface area contributed by atoms with Crippen molar-refractivity contribution < 1.29 is 14.0 Å². The lowest BCUT2D eigenvalue weighted by Gasteiger charge is -2.39. The maximum absolute atomic E-state index is 13.3. The predicted octanol–water partition coefficient (Wildman–Crippen LogP) is 1.60. The molecule has 3 amide bonds. The molecule has 27 heavy (non-hydrogen) atoms. The molecule has 0 spiro atoms. The van der Waals surface area contributed by atoms with Gasteiger partial charge in [0, 0.05) is 19.6 Å². The van der Waals surface area contributed by atoms with Gasteiger partial charge in [-0.15, -0.1) is 0 Å². The first-order valence-corrected chi connectivity index (χ1v) is 9.33. The topological polar surface area (TPSA) is 85.8 Å². The fourth-order valence-corrected chi connectivity index (χ4v) is 3.74. The van der Waals surface area contributed by atoms with E-state index >= 15 is 0 Å². The molecule has 7 nitrogen and oxygen atoms in total. The van der Waals surface area contributed by atoms with Crippen molar-refractivity contribution >= 4 is 17.9 Å². The normalized spacial score (nSPS) is 24.0. The van der Waals surface area contributed by atoms with E-state index < -0.39 is 11.6 Å². The summed E-state index contributed by atoms with van der Waals surface area (Å²) in [7, 11) is 0. The summed E-state index contributed by atoms with van der Waals surface area (Å²) in [5.41, 5.74) is -0.0293. The highest BCUT2D eigenvalue weighted by molar-refractivity contribution is 6.07. The van der Waals surface area contributed by atoms with Crippen LogP contribution in [0, 0.1) is 11.7 Å². The summed E-state index contributed by atoms with van der Waals surface area (Å²) in [6.07, 6.45) is 1.54. The molecule has 1 unspecified atom stereocenters. The SMILES string of the molecule is CCNC(=NCc1cccc(F)c1)N1CCC(C2(C)NC(=O)NC2=O)CC1. The number of hydrogen-bond acceptors (Lipinski definition) is 3. The minimum absolute atomic E-state index is 0.0753. The standard InChI is InChI=1S/C19H26FN5O2/c1-3-21-17(22-12-13-5-4-6-15(20)11-13)25-9-7-14(8-10-25)19(2)16(26)23-18(27)24-19/h4-6,11,14H,3,7-10,12H2,1-2H3,(H,21,22)(H2,23,24,26,27). The number of aliphatic imine (C=N–C) groups is 1. The van der Waals surface area contributed by atoms with Crippen LogP contribution in [0.25, 0.3) is 0 Å². The van der Waals surface area contributed by atoms with E-state index in [1.165, 1.54) is 12.1 Å². The molecule has 1 atom stereocenters. The highest BCUT2D eigenvalue weighted by Gasteiger charge is 2.48. The maximum atomic E-state index is 13.3. The number of carbonyl (C=O) groups is 2. The molecule has 2 fully saturated rings. The van der Waals surface area contributed by atoms with Crippen LogP contribution in [0.5, 0.6) is 0 Å². The minimum atomic E-state index is -0.847. The number of benzene rings is 1. The molecule has 2 aliphatic heterocycles. The van der Waals surface area contributed by atoms with Gasteiger partial charge < -0.3 is 15.5 Å². The Bertz CT molecular complexity index is 745. The second-order valence-corrected chi connectivity index (χ2v) is 7.17. The van der Waals surface area contributed by atoms with Crippen molar-refractivity contribution in [3.8, 4) is 0 Å². The lowest BCUT2D eigenvalue weighted by atomic mass is 9.79. The van der Waals surface area contributed by atoms with E-state index in [2.05, 4.69) is 25.8 Å². The van der Waals surface area contributed by atoms with Gasteiger partial charge in [0.2, 0.25) is 0 Å². The zero-order valence-electron chi connectivity index (χ0n) is 15.7. The molecular formula is C19H26FN5O2. The summed E-state index contributed by atoms with van der Waals surface area (Å²) in [5, 5.41) is 8.38. The molecule has 0 aromatic heterocycles. The van der Waals surface area contributed by atoms with Crippen molar-refractivity contribution in [2.75, 3.05) is 19.6 Å². The van der Waals surface area contributed by atoms with Gasteiger partial charge in [-0.1, -0.05) is 12.1 Å². The van der Waals surface area contributed by atoms with E-state index in [-0.39, 0.29) is 17.6 Å². The first-order valence-electron chi connectivity index (χ1n) is 9.33. The van der Waals surface area contributed by atoms with Gasteiger partial charge in [0.15, 0.2) is 5.96 Å². The molecule has 0 saturated carbocycles. The number of piperidine rings is 1. The number of halogens is 1. The molecule has 2 aliphatic rings. The van der Waals surface area contributed by atoms with E-state index in [4.69, 9.17) is 0 Å². The first-order chi connectivity index (χ1) is 12.9. The number of nitrogens with zero attached hydrogens (tertiary/aromatic N) is 2. The van der Waals surface area contributed by atoms with Crippen molar-refractivity contribution in [2.24, 2.45) is 10.9 Å². The molecule has 3 rings (SSSR count). The average molecular weight is 375 g/mol. The molecule has 1 aromatic carbocycles. The zero-order valence-corrected chi connectivity index (χ0v) is 15.7. The van der Waals surface area contributed by atoms with Crippen molar-refractivity contribution in [3.63, 3.8) is 0 Å². The molecule has 8 heteroatoms. The third kappa shape index (κ3) is 4.20. The van der Waals surface area contributed by atoms with Gasteiger partial charge in [0.05, 0.1) is 6.54 Å². The van der Waals surface area contributed by atoms with Crippen LogP contribution in [0.1, 0.15) is 32.3 Å².